The molecule has 0 saturated heterocycles. The molecular formula is C13H17NO7S. The number of rotatable bonds is 7. The molecule has 9 heteroatoms. The number of nitrogens with one attached hydrogen (secondary N) is 1. The largest absolute Gasteiger partial charge is 0.445 e. The molecule has 0 spiro atoms. The Bertz CT molecular complexity index is 610. The lowest BCUT2D eigenvalue weighted by Crippen LogP contribution is -2.26. The molecule has 1 rings (SSSR count). The van der Waals surface area contributed by atoms with Crippen molar-refractivity contribution in [1.82, 2.24) is 5.32 Å². The number of hydrogen-bond acceptors (Lipinski definition) is 6. The summed E-state index contributed by atoms with van der Waals surface area (Å²) in [6.45, 7) is 1.39. The molecule has 0 aliphatic heterocycles. The van der Waals surface area contributed by atoms with E-state index >= 15 is 0 Å². The number of carbonyl (C=O) groups is 2. The Kier molecular flexibility index (Phi) is 6.80. The molecule has 0 atom stereocenters. The highest BCUT2D eigenvalue weighted by Gasteiger charge is 2.06. The summed E-state index contributed by atoms with van der Waals surface area (Å²) in [6, 6.07) is 6.43. The van der Waals surface area contributed by atoms with Crippen molar-refractivity contribution in [3.63, 3.8) is 0 Å². The van der Waals surface area contributed by atoms with Gasteiger partial charge >= 0.3 is 12.1 Å². The van der Waals surface area contributed by atoms with Crippen LogP contribution in [0, 0.1) is 0 Å². The molecule has 22 heavy (non-hydrogen) atoms. The predicted octanol–water partition coefficient (Wildman–Crippen LogP) is 1.12. The maximum atomic E-state index is 11.3. The Morgan fingerprint density at radius 2 is 1.86 bits per heavy atom. The second-order valence-corrected chi connectivity index (χ2v) is 5.95. The summed E-state index contributed by atoms with van der Waals surface area (Å²) >= 11 is 0. The van der Waals surface area contributed by atoms with Crippen LogP contribution in [0.25, 0.3) is 0 Å². The van der Waals surface area contributed by atoms with Crippen LogP contribution in [0.3, 0.4) is 0 Å². The summed E-state index contributed by atoms with van der Waals surface area (Å²) in [7, 11) is -4.02. The van der Waals surface area contributed by atoms with Crippen molar-refractivity contribution in [2.75, 3.05) is 12.3 Å². The summed E-state index contributed by atoms with van der Waals surface area (Å²) in [6.07, 6.45) is -0.607. The van der Waals surface area contributed by atoms with Crippen LogP contribution in [0.15, 0.2) is 24.3 Å². The van der Waals surface area contributed by atoms with Gasteiger partial charge < -0.3 is 14.8 Å². The van der Waals surface area contributed by atoms with Crippen LogP contribution in [0.2, 0.25) is 0 Å². The lowest BCUT2D eigenvalue weighted by atomic mass is 10.2. The van der Waals surface area contributed by atoms with E-state index in [0.29, 0.717) is 11.3 Å². The normalized spacial score (nSPS) is 10.8. The van der Waals surface area contributed by atoms with E-state index in [0.717, 1.165) is 0 Å². The summed E-state index contributed by atoms with van der Waals surface area (Å²) in [5, 5.41) is 2.36. The van der Waals surface area contributed by atoms with Crippen molar-refractivity contribution in [1.29, 1.82) is 0 Å². The van der Waals surface area contributed by atoms with Crippen molar-refractivity contribution in [3.05, 3.63) is 29.8 Å². The molecule has 1 aromatic rings. The molecule has 122 valence electrons. The van der Waals surface area contributed by atoms with Gasteiger partial charge in [-0.3, -0.25) is 9.35 Å². The van der Waals surface area contributed by atoms with E-state index < -0.39 is 27.9 Å². The lowest BCUT2D eigenvalue weighted by molar-refractivity contribution is -0.131. The first kappa shape index (κ1) is 17.9. The first-order valence-corrected chi connectivity index (χ1v) is 8.00. The van der Waals surface area contributed by atoms with E-state index in [9.17, 15) is 18.0 Å². The summed E-state index contributed by atoms with van der Waals surface area (Å²) in [5.41, 5.74) is 0.698. The highest BCUT2D eigenvalue weighted by atomic mass is 32.2. The molecule has 0 aromatic heterocycles. The van der Waals surface area contributed by atoms with Crippen LogP contribution in [0.5, 0.6) is 5.75 Å². The number of alkyl carbamates (subject to hydrolysis) is 1. The first-order chi connectivity index (χ1) is 10.3. The third-order valence-electron chi connectivity index (χ3n) is 2.40. The fourth-order valence-corrected chi connectivity index (χ4v) is 1.97. The summed E-state index contributed by atoms with van der Waals surface area (Å²) < 4.78 is 39.2. The molecule has 0 radical (unpaired) electrons. The minimum Gasteiger partial charge on any atom is -0.445 e. The molecule has 8 nitrogen and oxygen atoms in total. The Morgan fingerprint density at radius 3 is 2.41 bits per heavy atom. The van der Waals surface area contributed by atoms with Gasteiger partial charge in [0.15, 0.2) is 0 Å². The van der Waals surface area contributed by atoms with Crippen LogP contribution in [-0.4, -0.2) is 37.3 Å². The summed E-state index contributed by atoms with van der Waals surface area (Å²) in [4.78, 5) is 22.1. The van der Waals surface area contributed by atoms with Gasteiger partial charge in [-0.2, -0.15) is 8.42 Å². The van der Waals surface area contributed by atoms with Crippen LogP contribution < -0.4 is 10.1 Å². The van der Waals surface area contributed by atoms with Gasteiger partial charge in [-0.25, -0.2) is 4.79 Å². The van der Waals surface area contributed by atoms with Gasteiger partial charge in [0.1, 0.15) is 12.4 Å². The zero-order valence-electron chi connectivity index (χ0n) is 11.9. The number of amides is 1. The Morgan fingerprint density at radius 1 is 1.23 bits per heavy atom. The molecule has 1 amide bonds. The van der Waals surface area contributed by atoms with Crippen LogP contribution in [-0.2, 0) is 26.3 Å². The SMILES string of the molecule is CC(=O)Oc1ccc(COC(=O)NCCCS(=O)(=O)O)cc1. The van der Waals surface area contributed by atoms with Gasteiger partial charge in [-0.05, 0) is 24.1 Å². The summed E-state index contributed by atoms with van der Waals surface area (Å²) in [5.74, 6) is -0.454. The Labute approximate surface area is 128 Å². The average Bonchev–Trinajstić information content (AvgIpc) is 2.41. The predicted molar refractivity (Wildman–Crippen MR) is 77.0 cm³/mol. The van der Waals surface area contributed by atoms with Crippen molar-refractivity contribution < 1.29 is 32.0 Å². The zero-order valence-corrected chi connectivity index (χ0v) is 12.8. The number of benzene rings is 1. The van der Waals surface area contributed by atoms with Crippen molar-refractivity contribution >= 4 is 22.2 Å². The monoisotopic (exact) mass is 331 g/mol. The third kappa shape index (κ3) is 8.22. The number of hydrogen-bond donors (Lipinski definition) is 2. The second-order valence-electron chi connectivity index (χ2n) is 4.38. The molecule has 0 bridgehead atoms. The number of ether oxygens (including phenoxy) is 2. The molecule has 0 saturated carbocycles. The van der Waals surface area contributed by atoms with Gasteiger partial charge in [-0.1, -0.05) is 12.1 Å². The van der Waals surface area contributed by atoms with Crippen molar-refractivity contribution in [2.24, 2.45) is 0 Å². The van der Waals surface area contributed by atoms with E-state index in [1.807, 2.05) is 0 Å². The van der Waals surface area contributed by atoms with Crippen molar-refractivity contribution in [2.45, 2.75) is 20.0 Å². The Hall–Kier alpha value is -2.13. The van der Waals surface area contributed by atoms with Gasteiger partial charge in [-0.15, -0.1) is 0 Å². The first-order valence-electron chi connectivity index (χ1n) is 6.39. The van der Waals surface area contributed by atoms with Gasteiger partial charge in [0, 0.05) is 13.5 Å². The highest BCUT2D eigenvalue weighted by molar-refractivity contribution is 7.85. The Balaban J connectivity index is 2.27. The smallest absolute Gasteiger partial charge is 0.407 e. The third-order valence-corrected chi connectivity index (χ3v) is 3.21. The molecule has 1 aromatic carbocycles. The molecule has 0 fully saturated rings. The maximum Gasteiger partial charge on any atom is 0.407 e. The standard InChI is InChI=1S/C13H17NO7S/c1-10(15)21-12-5-3-11(4-6-12)9-20-13(16)14-7-2-8-22(17,18)19/h3-6H,2,7-9H2,1H3,(H,14,16)(H,17,18,19). The molecule has 0 heterocycles. The molecular weight excluding hydrogens is 314 g/mol. The topological polar surface area (TPSA) is 119 Å². The fourth-order valence-electron chi connectivity index (χ4n) is 1.46. The van der Waals surface area contributed by atoms with Crippen molar-refractivity contribution in [3.8, 4) is 5.75 Å². The minimum atomic E-state index is -4.02. The van der Waals surface area contributed by atoms with E-state index in [2.05, 4.69) is 5.32 Å². The quantitative estimate of drug-likeness (QED) is 0.332. The number of esters is 1. The lowest BCUT2D eigenvalue weighted by Gasteiger charge is -2.07. The van der Waals surface area contributed by atoms with Gasteiger partial charge in [0.05, 0.1) is 5.75 Å². The van der Waals surface area contributed by atoms with E-state index in [-0.39, 0.29) is 19.6 Å². The van der Waals surface area contributed by atoms with E-state index in [1.165, 1.54) is 6.92 Å². The molecule has 0 aliphatic rings. The maximum absolute atomic E-state index is 11.3. The minimum absolute atomic E-state index is 0.0183. The van der Waals surface area contributed by atoms with E-state index in [4.69, 9.17) is 14.0 Å². The second kappa shape index (κ2) is 8.35. The number of carbonyl (C=O) groups excluding carboxylic acids is 2. The fraction of sp³-hybridized carbons (Fsp3) is 0.385. The van der Waals surface area contributed by atoms with Gasteiger partial charge in [0.2, 0.25) is 0 Å². The van der Waals surface area contributed by atoms with Crippen LogP contribution in [0.4, 0.5) is 4.79 Å². The van der Waals surface area contributed by atoms with Gasteiger partial charge in [0.25, 0.3) is 10.1 Å². The highest BCUT2D eigenvalue weighted by Crippen LogP contribution is 2.13. The molecule has 2 N–H and O–H groups in total. The van der Waals surface area contributed by atoms with E-state index in [1.54, 1.807) is 24.3 Å². The zero-order chi connectivity index (χ0) is 16.6. The van der Waals surface area contributed by atoms with Crippen LogP contribution >= 0.6 is 0 Å². The molecule has 0 aliphatic carbocycles. The van der Waals surface area contributed by atoms with Crippen LogP contribution in [0.1, 0.15) is 18.9 Å². The average molecular weight is 331 g/mol. The molecule has 0 unspecified atom stereocenters.